The van der Waals surface area contributed by atoms with Crippen molar-refractivity contribution in [3.05, 3.63) is 30.0 Å². The summed E-state index contributed by atoms with van der Waals surface area (Å²) in [6.07, 6.45) is 0. The maximum Gasteiger partial charge on any atom is 0.380 e. The van der Waals surface area contributed by atoms with Gasteiger partial charge in [-0.3, -0.25) is 0 Å². The Bertz CT molecular complexity index is 643. The molecule has 0 unspecified atom stereocenters. The second-order valence-corrected chi connectivity index (χ2v) is 4.72. The lowest BCUT2D eigenvalue weighted by molar-refractivity contribution is 0.487. The van der Waals surface area contributed by atoms with Crippen LogP contribution in [-0.4, -0.2) is 13.0 Å². The average molecular weight is 240 g/mol. The zero-order valence-electron chi connectivity index (χ0n) is 8.97. The summed E-state index contributed by atoms with van der Waals surface area (Å²) >= 11 is 0. The van der Waals surface area contributed by atoms with Crippen LogP contribution in [0.15, 0.2) is 24.3 Å². The lowest BCUT2D eigenvalue weighted by Crippen LogP contribution is -2.19. The van der Waals surface area contributed by atoms with E-state index in [2.05, 4.69) is 0 Å². The minimum Gasteiger partial charge on any atom is -0.368 e. The van der Waals surface area contributed by atoms with Crippen LogP contribution in [0.4, 0.5) is 0 Å². The monoisotopic (exact) mass is 240 g/mol. The molecule has 0 fully saturated rings. The van der Waals surface area contributed by atoms with Crippen molar-refractivity contribution < 1.29 is 12.6 Å². The molecule has 86 valence electrons. The van der Waals surface area contributed by atoms with Crippen LogP contribution in [0.3, 0.4) is 0 Å². The van der Waals surface area contributed by atoms with Crippen molar-refractivity contribution in [2.45, 2.75) is 6.92 Å². The number of fused-ring (bicyclic) bond motifs is 1. The van der Waals surface area contributed by atoms with Gasteiger partial charge in [0.15, 0.2) is 5.75 Å². The molecule has 0 aliphatic heterocycles. The minimum atomic E-state index is -3.99. The van der Waals surface area contributed by atoms with Gasteiger partial charge in [-0.1, -0.05) is 12.1 Å². The molecule has 2 aromatic rings. The van der Waals surface area contributed by atoms with E-state index >= 15 is 0 Å². The molecule has 0 radical (unpaired) electrons. The van der Waals surface area contributed by atoms with Crippen LogP contribution in [0.25, 0.3) is 10.9 Å². The van der Waals surface area contributed by atoms with Crippen LogP contribution in [0.5, 0.6) is 5.75 Å². The number of benzene rings is 1. The SMILES string of the molecule is Cc1c(OS(N)(=O)=O)c2ccccc2n1C. The third-order valence-corrected chi connectivity index (χ3v) is 2.94. The van der Waals surface area contributed by atoms with E-state index in [1.165, 1.54) is 0 Å². The van der Waals surface area contributed by atoms with Crippen LogP contribution in [0.2, 0.25) is 0 Å². The molecule has 0 amide bonds. The van der Waals surface area contributed by atoms with Gasteiger partial charge in [0.25, 0.3) is 0 Å². The van der Waals surface area contributed by atoms with E-state index in [1.807, 2.05) is 29.8 Å². The van der Waals surface area contributed by atoms with E-state index in [1.54, 1.807) is 13.0 Å². The van der Waals surface area contributed by atoms with Gasteiger partial charge < -0.3 is 8.75 Å². The molecule has 16 heavy (non-hydrogen) atoms. The lowest BCUT2D eigenvalue weighted by Gasteiger charge is -2.02. The highest BCUT2D eigenvalue weighted by atomic mass is 32.2. The van der Waals surface area contributed by atoms with Gasteiger partial charge in [0.05, 0.1) is 11.2 Å². The first kappa shape index (κ1) is 11.0. The van der Waals surface area contributed by atoms with Crippen molar-refractivity contribution in [1.82, 2.24) is 4.57 Å². The summed E-state index contributed by atoms with van der Waals surface area (Å²) in [5.74, 6) is 0.292. The maximum atomic E-state index is 11.0. The van der Waals surface area contributed by atoms with Gasteiger partial charge in [0, 0.05) is 12.4 Å². The third kappa shape index (κ3) is 1.77. The number of hydrogen-bond acceptors (Lipinski definition) is 3. The van der Waals surface area contributed by atoms with E-state index in [0.717, 1.165) is 16.6 Å². The largest absolute Gasteiger partial charge is 0.380 e. The number of rotatable bonds is 2. The smallest absolute Gasteiger partial charge is 0.368 e. The second kappa shape index (κ2) is 3.50. The first-order valence-corrected chi connectivity index (χ1v) is 6.13. The molecule has 1 aromatic carbocycles. The highest BCUT2D eigenvalue weighted by molar-refractivity contribution is 7.84. The fourth-order valence-electron chi connectivity index (χ4n) is 1.71. The quantitative estimate of drug-likeness (QED) is 0.853. The fourth-order valence-corrected chi connectivity index (χ4v) is 2.15. The Kier molecular flexibility index (Phi) is 2.40. The molecule has 0 saturated heterocycles. The number of nitrogens with zero attached hydrogens (tertiary/aromatic N) is 1. The van der Waals surface area contributed by atoms with Crippen molar-refractivity contribution in [2.75, 3.05) is 0 Å². The lowest BCUT2D eigenvalue weighted by atomic mass is 10.2. The number of aromatic nitrogens is 1. The van der Waals surface area contributed by atoms with Crippen LogP contribution < -0.4 is 9.32 Å². The van der Waals surface area contributed by atoms with Crippen molar-refractivity contribution in [2.24, 2.45) is 12.2 Å². The molecule has 5 nitrogen and oxygen atoms in total. The average Bonchev–Trinajstić information content (AvgIpc) is 2.43. The van der Waals surface area contributed by atoms with Gasteiger partial charge in [-0.2, -0.15) is 13.6 Å². The van der Waals surface area contributed by atoms with Crippen LogP contribution in [0.1, 0.15) is 5.69 Å². The first-order valence-electron chi connectivity index (χ1n) is 4.66. The van der Waals surface area contributed by atoms with Gasteiger partial charge in [0.1, 0.15) is 0 Å². The molecule has 6 heteroatoms. The molecule has 1 aromatic heterocycles. The molecule has 0 bridgehead atoms. The summed E-state index contributed by atoms with van der Waals surface area (Å²) < 4.78 is 28.6. The zero-order valence-corrected chi connectivity index (χ0v) is 9.78. The molecule has 2 rings (SSSR count). The zero-order chi connectivity index (χ0) is 11.9. The maximum absolute atomic E-state index is 11.0. The Morgan fingerprint density at radius 1 is 1.31 bits per heavy atom. The van der Waals surface area contributed by atoms with Crippen molar-refractivity contribution in [3.8, 4) is 5.75 Å². The van der Waals surface area contributed by atoms with Crippen molar-refractivity contribution in [1.29, 1.82) is 0 Å². The highest BCUT2D eigenvalue weighted by Gasteiger charge is 2.16. The summed E-state index contributed by atoms with van der Waals surface area (Å²) in [4.78, 5) is 0. The van der Waals surface area contributed by atoms with Gasteiger partial charge in [-0.05, 0) is 19.1 Å². The minimum absolute atomic E-state index is 0.292. The Labute approximate surface area is 93.7 Å². The Balaban J connectivity index is 2.74. The molecule has 0 saturated carbocycles. The second-order valence-electron chi connectivity index (χ2n) is 3.57. The highest BCUT2D eigenvalue weighted by Crippen LogP contribution is 2.32. The summed E-state index contributed by atoms with van der Waals surface area (Å²) in [6.45, 7) is 1.78. The summed E-state index contributed by atoms with van der Waals surface area (Å²) in [7, 11) is -2.15. The van der Waals surface area contributed by atoms with Crippen molar-refractivity contribution in [3.63, 3.8) is 0 Å². The summed E-state index contributed by atoms with van der Waals surface area (Å²) in [6, 6.07) is 7.38. The normalized spacial score (nSPS) is 11.9. The molecule has 0 aliphatic carbocycles. The molecule has 0 aliphatic rings. The molecule has 2 N–H and O–H groups in total. The van der Waals surface area contributed by atoms with Crippen molar-refractivity contribution >= 4 is 21.2 Å². The topological polar surface area (TPSA) is 74.3 Å². The number of hydrogen-bond donors (Lipinski definition) is 1. The molecular formula is C10H12N2O3S. The molecule has 1 heterocycles. The van der Waals surface area contributed by atoms with E-state index in [0.29, 0.717) is 5.75 Å². The molecule has 0 atom stereocenters. The number of para-hydroxylation sites is 1. The van der Waals surface area contributed by atoms with Gasteiger partial charge >= 0.3 is 10.3 Å². The van der Waals surface area contributed by atoms with Gasteiger partial charge in [0.2, 0.25) is 0 Å². The van der Waals surface area contributed by atoms with E-state index in [9.17, 15) is 8.42 Å². The number of nitrogens with two attached hydrogens (primary N) is 1. The Hall–Kier alpha value is -1.53. The first-order chi connectivity index (χ1) is 7.40. The van der Waals surface area contributed by atoms with Gasteiger partial charge in [-0.25, -0.2) is 0 Å². The predicted molar refractivity (Wildman–Crippen MR) is 61.4 cm³/mol. The van der Waals surface area contributed by atoms with Crippen LogP contribution in [-0.2, 0) is 17.4 Å². The summed E-state index contributed by atoms with van der Waals surface area (Å²) in [5, 5.41) is 5.61. The summed E-state index contributed by atoms with van der Waals surface area (Å²) in [5.41, 5.74) is 1.62. The van der Waals surface area contributed by atoms with E-state index in [-0.39, 0.29) is 0 Å². The molecule has 0 spiro atoms. The molecular weight excluding hydrogens is 228 g/mol. The standard InChI is InChI=1S/C10H12N2O3S/c1-7-10(15-16(11,13)14)8-5-3-4-6-9(8)12(7)2/h3-6H,1-2H3,(H2,11,13,14). The predicted octanol–water partition coefficient (Wildman–Crippen LogP) is 1.07. The number of aryl methyl sites for hydroxylation is 1. The van der Waals surface area contributed by atoms with E-state index < -0.39 is 10.3 Å². The Morgan fingerprint density at radius 3 is 2.56 bits per heavy atom. The fraction of sp³-hybridized carbons (Fsp3) is 0.200. The van der Waals surface area contributed by atoms with Gasteiger partial charge in [-0.15, -0.1) is 0 Å². The third-order valence-electron chi connectivity index (χ3n) is 2.54. The van der Waals surface area contributed by atoms with E-state index in [4.69, 9.17) is 9.32 Å². The Morgan fingerprint density at radius 2 is 1.94 bits per heavy atom. The van der Waals surface area contributed by atoms with Crippen LogP contribution in [0, 0.1) is 6.92 Å². The van der Waals surface area contributed by atoms with Crippen LogP contribution >= 0.6 is 0 Å².